The molecule has 0 spiro atoms. The molecule has 2 aromatic carbocycles. The van der Waals surface area contributed by atoms with E-state index in [-0.39, 0.29) is 5.30 Å². The van der Waals surface area contributed by atoms with Crippen LogP contribution >= 0.6 is 8.03 Å². The lowest BCUT2D eigenvalue weighted by molar-refractivity contribution is 0.112. The molecule has 1 unspecified atom stereocenters. The topological polar surface area (TPSA) is 54.4 Å². The molecule has 4 heteroatoms. The molecule has 0 radical (unpaired) electrons. The first-order chi connectivity index (χ1) is 9.43. The second-order valence-electron chi connectivity index (χ2n) is 4.68. The van der Waals surface area contributed by atoms with Gasteiger partial charge >= 0.3 is 0 Å². The Bertz CT molecular complexity index is 570. The molecular formula is C16H19O3P. The van der Waals surface area contributed by atoms with Crippen molar-refractivity contribution in [3.8, 4) is 0 Å². The molecular weight excluding hydrogens is 271 g/mol. The van der Waals surface area contributed by atoms with Crippen molar-refractivity contribution in [3.63, 3.8) is 0 Å². The summed E-state index contributed by atoms with van der Waals surface area (Å²) in [6.45, 7) is 6.38. The highest BCUT2D eigenvalue weighted by molar-refractivity contribution is 7.47. The van der Waals surface area contributed by atoms with Crippen molar-refractivity contribution in [2.45, 2.75) is 20.8 Å². The maximum atomic E-state index is 10.6. The lowest BCUT2D eigenvalue weighted by Gasteiger charge is -1.97. The van der Waals surface area contributed by atoms with Gasteiger partial charge in [-0.15, -0.1) is 0 Å². The van der Waals surface area contributed by atoms with E-state index in [9.17, 15) is 9.36 Å². The minimum absolute atomic E-state index is 0.229. The van der Waals surface area contributed by atoms with Crippen LogP contribution in [-0.4, -0.2) is 11.2 Å². The summed E-state index contributed by atoms with van der Waals surface area (Å²) in [7, 11) is -2.74. The molecule has 0 amide bonds. The van der Waals surface area contributed by atoms with Gasteiger partial charge in [-0.25, -0.2) is 0 Å². The van der Waals surface area contributed by atoms with Gasteiger partial charge in [-0.1, -0.05) is 53.1 Å². The van der Waals surface area contributed by atoms with Crippen molar-refractivity contribution in [1.29, 1.82) is 0 Å². The molecule has 1 N–H and O–H groups in total. The second-order valence-corrected chi connectivity index (χ2v) is 5.82. The van der Waals surface area contributed by atoms with Gasteiger partial charge in [0.15, 0.2) is 6.29 Å². The maximum absolute atomic E-state index is 10.6. The summed E-state index contributed by atoms with van der Waals surface area (Å²) >= 11 is 0. The fraction of sp³-hybridized carbons (Fsp3) is 0.188. The lowest BCUT2D eigenvalue weighted by Crippen LogP contribution is -2.02. The highest BCUT2D eigenvalue weighted by atomic mass is 31.1. The third-order valence-corrected chi connectivity index (χ3v) is 3.60. The monoisotopic (exact) mass is 290 g/mol. The number of aryl methyl sites for hydroxylation is 3. The quantitative estimate of drug-likeness (QED) is 0.682. The third-order valence-electron chi connectivity index (χ3n) is 2.68. The minimum atomic E-state index is -2.74. The zero-order chi connectivity index (χ0) is 15.1. The average molecular weight is 290 g/mol. The molecule has 2 rings (SSSR count). The van der Waals surface area contributed by atoms with E-state index in [0.717, 1.165) is 0 Å². The number of benzene rings is 2. The van der Waals surface area contributed by atoms with Crippen LogP contribution in [0.25, 0.3) is 0 Å². The summed E-state index contributed by atoms with van der Waals surface area (Å²) in [6, 6.07) is 12.8. The molecule has 3 nitrogen and oxygen atoms in total. The summed E-state index contributed by atoms with van der Waals surface area (Å²) < 4.78 is 10.6. The predicted octanol–water partition coefficient (Wildman–Crippen LogP) is 3.20. The standard InChI is InChI=1S/C9H12.C7H7O3P/c1-7-4-8(2)6-9(3)5-7;8-5-6-3-1-2-4-7(6)11(9)10/h4-6H,1-3H3;1-5,11H,(H,9,10). The predicted molar refractivity (Wildman–Crippen MR) is 83.3 cm³/mol. The second kappa shape index (κ2) is 7.78. The Balaban J connectivity index is 0.000000204. The number of rotatable bonds is 2. The van der Waals surface area contributed by atoms with Gasteiger partial charge in [-0.3, -0.25) is 9.36 Å². The molecule has 0 aliphatic rings. The van der Waals surface area contributed by atoms with E-state index >= 15 is 0 Å². The van der Waals surface area contributed by atoms with Crippen LogP contribution in [0.3, 0.4) is 0 Å². The van der Waals surface area contributed by atoms with Gasteiger partial charge in [0.1, 0.15) is 0 Å². The van der Waals surface area contributed by atoms with Gasteiger partial charge < -0.3 is 4.89 Å². The average Bonchev–Trinajstić information content (AvgIpc) is 2.37. The molecule has 106 valence electrons. The van der Waals surface area contributed by atoms with E-state index in [1.54, 1.807) is 12.1 Å². The zero-order valence-corrected chi connectivity index (χ0v) is 12.9. The molecule has 0 aliphatic carbocycles. The number of hydrogen-bond acceptors (Lipinski definition) is 2. The number of aldehydes is 1. The molecule has 0 saturated carbocycles. The van der Waals surface area contributed by atoms with Gasteiger partial charge in [0, 0.05) is 10.9 Å². The van der Waals surface area contributed by atoms with Crippen LogP contribution in [0.15, 0.2) is 42.5 Å². The first-order valence-electron chi connectivity index (χ1n) is 6.26. The fourth-order valence-electron chi connectivity index (χ4n) is 2.00. The van der Waals surface area contributed by atoms with E-state index in [2.05, 4.69) is 39.0 Å². The molecule has 1 atom stereocenters. The molecule has 0 fully saturated rings. The molecule has 2 aromatic rings. The summed E-state index contributed by atoms with van der Waals surface area (Å²) in [4.78, 5) is 19.0. The van der Waals surface area contributed by atoms with Crippen molar-refractivity contribution in [3.05, 3.63) is 64.7 Å². The van der Waals surface area contributed by atoms with Crippen molar-refractivity contribution in [2.24, 2.45) is 0 Å². The molecule has 0 saturated heterocycles. The van der Waals surface area contributed by atoms with Crippen LogP contribution in [0.2, 0.25) is 0 Å². The van der Waals surface area contributed by atoms with E-state index in [1.165, 1.54) is 28.8 Å². The van der Waals surface area contributed by atoms with Gasteiger partial charge in [0.05, 0.1) is 0 Å². The van der Waals surface area contributed by atoms with Crippen LogP contribution in [0, 0.1) is 20.8 Å². The highest BCUT2D eigenvalue weighted by Gasteiger charge is 2.03. The number of carbonyl (C=O) groups is 1. The van der Waals surface area contributed by atoms with E-state index in [1.807, 2.05) is 0 Å². The van der Waals surface area contributed by atoms with Crippen molar-refractivity contribution in [1.82, 2.24) is 0 Å². The largest absolute Gasteiger partial charge is 0.343 e. The summed E-state index contributed by atoms with van der Waals surface area (Å²) in [5, 5.41) is 0.229. The van der Waals surface area contributed by atoms with Crippen LogP contribution < -0.4 is 5.30 Å². The first-order valence-corrected chi connectivity index (χ1v) is 7.62. The summed E-state index contributed by atoms with van der Waals surface area (Å²) in [6.07, 6.45) is 0.577. The van der Waals surface area contributed by atoms with Crippen LogP contribution in [0.1, 0.15) is 27.0 Å². The van der Waals surface area contributed by atoms with Crippen LogP contribution in [-0.2, 0) is 4.57 Å². The Morgan fingerprint density at radius 1 is 0.950 bits per heavy atom. The molecule has 0 bridgehead atoms. The number of carbonyl (C=O) groups excluding carboxylic acids is 1. The van der Waals surface area contributed by atoms with Gasteiger partial charge in [0.25, 0.3) is 0 Å². The minimum Gasteiger partial charge on any atom is -0.343 e. The van der Waals surface area contributed by atoms with Crippen molar-refractivity contribution in [2.75, 3.05) is 0 Å². The van der Waals surface area contributed by atoms with E-state index < -0.39 is 8.03 Å². The molecule has 0 aliphatic heterocycles. The SMILES string of the molecule is Cc1cc(C)cc(C)c1.O=Cc1ccccc1[PH](=O)O. The Morgan fingerprint density at radius 3 is 1.75 bits per heavy atom. The lowest BCUT2D eigenvalue weighted by atomic mass is 10.1. The number of hydrogen-bond donors (Lipinski definition) is 1. The molecule has 20 heavy (non-hydrogen) atoms. The van der Waals surface area contributed by atoms with Gasteiger partial charge in [0.2, 0.25) is 8.03 Å². The summed E-state index contributed by atoms with van der Waals surface area (Å²) in [5.41, 5.74) is 4.35. The van der Waals surface area contributed by atoms with Crippen LogP contribution in [0.5, 0.6) is 0 Å². The zero-order valence-electron chi connectivity index (χ0n) is 11.9. The van der Waals surface area contributed by atoms with Crippen molar-refractivity contribution < 1.29 is 14.3 Å². The maximum Gasteiger partial charge on any atom is 0.218 e. The first kappa shape index (κ1) is 16.4. The highest BCUT2D eigenvalue weighted by Crippen LogP contribution is 2.14. The fourth-order valence-corrected chi connectivity index (χ4v) is 2.62. The molecule has 0 aromatic heterocycles. The Kier molecular flexibility index (Phi) is 6.37. The Labute approximate surface area is 120 Å². The van der Waals surface area contributed by atoms with E-state index in [4.69, 9.17) is 4.89 Å². The van der Waals surface area contributed by atoms with Gasteiger partial charge in [-0.05, 0) is 26.8 Å². The summed E-state index contributed by atoms with van der Waals surface area (Å²) in [5.74, 6) is 0. The normalized spacial score (nSPS) is 11.2. The smallest absolute Gasteiger partial charge is 0.218 e. The molecule has 0 heterocycles. The third kappa shape index (κ3) is 5.12. The van der Waals surface area contributed by atoms with Gasteiger partial charge in [-0.2, -0.15) is 0 Å². The Hall–Kier alpha value is -1.70. The Morgan fingerprint density at radius 2 is 1.40 bits per heavy atom. The van der Waals surface area contributed by atoms with Crippen molar-refractivity contribution >= 4 is 19.6 Å². The van der Waals surface area contributed by atoms with E-state index in [0.29, 0.717) is 11.8 Å². The van der Waals surface area contributed by atoms with Crippen LogP contribution in [0.4, 0.5) is 0 Å².